The summed E-state index contributed by atoms with van der Waals surface area (Å²) >= 11 is 4.37. The van der Waals surface area contributed by atoms with Crippen LogP contribution in [0, 0.1) is 19.0 Å². The molecule has 0 bridgehead atoms. The SMILES string of the molecule is O=C([O-])C#Cc1ccc(I)c(I)c1. The number of carbonyl (C=O) groups is 1. The second-order valence-electron chi connectivity index (χ2n) is 2.17. The van der Waals surface area contributed by atoms with E-state index in [1.807, 2.05) is 18.1 Å². The summed E-state index contributed by atoms with van der Waals surface area (Å²) in [6.07, 6.45) is 0. The summed E-state index contributed by atoms with van der Waals surface area (Å²) in [5, 5.41) is 10.0. The van der Waals surface area contributed by atoms with Crippen molar-refractivity contribution in [3.05, 3.63) is 30.9 Å². The largest absolute Gasteiger partial charge is 0.537 e. The standard InChI is InChI=1S/C9H4I2O2/c10-7-3-1-6(5-8(7)11)2-4-9(12)13/h1,3,5H,(H,12,13)/p-1. The van der Waals surface area contributed by atoms with Gasteiger partial charge in [-0.05, 0) is 69.3 Å². The fourth-order valence-electron chi connectivity index (χ4n) is 0.697. The molecule has 0 aliphatic rings. The average molecular weight is 397 g/mol. The van der Waals surface area contributed by atoms with Gasteiger partial charge in [0.2, 0.25) is 0 Å². The van der Waals surface area contributed by atoms with Crippen LogP contribution in [0.15, 0.2) is 18.2 Å². The van der Waals surface area contributed by atoms with Crippen LogP contribution >= 0.6 is 45.2 Å². The lowest BCUT2D eigenvalue weighted by atomic mass is 10.2. The van der Waals surface area contributed by atoms with E-state index in [-0.39, 0.29) is 0 Å². The Labute approximate surface area is 103 Å². The molecule has 0 saturated carbocycles. The van der Waals surface area contributed by atoms with E-state index >= 15 is 0 Å². The Bertz CT molecular complexity index is 402. The highest BCUT2D eigenvalue weighted by atomic mass is 127. The first-order chi connectivity index (χ1) is 6.09. The summed E-state index contributed by atoms with van der Waals surface area (Å²) in [6.45, 7) is 0. The maximum atomic E-state index is 10.0. The highest BCUT2D eigenvalue weighted by Crippen LogP contribution is 2.15. The highest BCUT2D eigenvalue weighted by molar-refractivity contribution is 14.1. The third-order valence-electron chi connectivity index (χ3n) is 1.23. The lowest BCUT2D eigenvalue weighted by Crippen LogP contribution is -2.19. The molecule has 0 aliphatic carbocycles. The molecule has 1 aromatic carbocycles. The summed E-state index contributed by atoms with van der Waals surface area (Å²) < 4.78 is 2.18. The van der Waals surface area contributed by atoms with E-state index in [9.17, 15) is 9.90 Å². The van der Waals surface area contributed by atoms with Gasteiger partial charge in [-0.2, -0.15) is 0 Å². The zero-order valence-corrected chi connectivity index (χ0v) is 10.6. The van der Waals surface area contributed by atoms with Gasteiger partial charge in [-0.1, -0.05) is 5.92 Å². The normalized spacial score (nSPS) is 8.77. The van der Waals surface area contributed by atoms with Crippen LogP contribution in [0.5, 0.6) is 0 Å². The molecule has 0 fully saturated rings. The Hall–Kier alpha value is -0.290. The monoisotopic (exact) mass is 397 g/mol. The molecule has 1 rings (SSSR count). The van der Waals surface area contributed by atoms with E-state index in [2.05, 4.69) is 51.1 Å². The van der Waals surface area contributed by atoms with Gasteiger partial charge in [-0.25, -0.2) is 0 Å². The fraction of sp³-hybridized carbons (Fsp3) is 0. The first-order valence-corrected chi connectivity index (χ1v) is 5.43. The molecule has 1 aromatic rings. The maximum Gasteiger partial charge on any atom is 0.116 e. The summed E-state index contributed by atoms with van der Waals surface area (Å²) in [4.78, 5) is 10.0. The molecule has 0 atom stereocenters. The molecule has 0 spiro atoms. The number of hydrogen-bond donors (Lipinski definition) is 0. The molecule has 0 heterocycles. The third kappa shape index (κ3) is 3.52. The van der Waals surface area contributed by atoms with Gasteiger partial charge in [-0.3, -0.25) is 0 Å². The number of aliphatic carboxylic acids is 1. The number of benzene rings is 1. The maximum absolute atomic E-state index is 10.0. The van der Waals surface area contributed by atoms with Gasteiger partial charge < -0.3 is 9.90 Å². The Balaban J connectivity index is 3.00. The molecule has 66 valence electrons. The summed E-state index contributed by atoms with van der Waals surface area (Å²) in [6, 6.07) is 5.50. The first kappa shape index (κ1) is 10.8. The predicted molar refractivity (Wildman–Crippen MR) is 63.8 cm³/mol. The van der Waals surface area contributed by atoms with Crippen LogP contribution in [0.2, 0.25) is 0 Å². The molecule has 0 radical (unpaired) electrons. The lowest BCUT2D eigenvalue weighted by molar-refractivity contribution is -0.295. The van der Waals surface area contributed by atoms with Gasteiger partial charge in [0.25, 0.3) is 0 Å². The highest BCUT2D eigenvalue weighted by Gasteiger charge is 1.94. The van der Waals surface area contributed by atoms with Gasteiger partial charge in [0.1, 0.15) is 5.97 Å². The van der Waals surface area contributed by atoms with E-state index in [0.717, 1.165) is 7.14 Å². The molecule has 0 amide bonds. The minimum atomic E-state index is -1.35. The van der Waals surface area contributed by atoms with E-state index in [4.69, 9.17) is 0 Å². The number of rotatable bonds is 0. The third-order valence-corrected chi connectivity index (χ3v) is 4.09. The zero-order valence-electron chi connectivity index (χ0n) is 6.30. The van der Waals surface area contributed by atoms with Crippen LogP contribution in [-0.4, -0.2) is 5.97 Å². The lowest BCUT2D eigenvalue weighted by Gasteiger charge is -1.95. The van der Waals surface area contributed by atoms with E-state index < -0.39 is 5.97 Å². The molecule has 0 N–H and O–H groups in total. The number of carboxylic acids is 1. The quantitative estimate of drug-likeness (QED) is 0.485. The first-order valence-electron chi connectivity index (χ1n) is 3.27. The Morgan fingerprint density at radius 2 is 2.00 bits per heavy atom. The van der Waals surface area contributed by atoms with Gasteiger partial charge in [0.15, 0.2) is 0 Å². The summed E-state index contributed by atoms with van der Waals surface area (Å²) in [5.41, 5.74) is 0.689. The van der Waals surface area contributed by atoms with Crippen molar-refractivity contribution < 1.29 is 9.90 Å². The van der Waals surface area contributed by atoms with Crippen molar-refractivity contribution in [1.29, 1.82) is 0 Å². The van der Waals surface area contributed by atoms with Gasteiger partial charge in [0.05, 0.1) is 0 Å². The van der Waals surface area contributed by atoms with Crippen molar-refractivity contribution in [2.45, 2.75) is 0 Å². The molecule has 0 aliphatic heterocycles. The van der Waals surface area contributed by atoms with Crippen LogP contribution in [0.3, 0.4) is 0 Å². The number of halogens is 2. The van der Waals surface area contributed by atoms with Crippen LogP contribution in [0.1, 0.15) is 5.56 Å². The number of carbonyl (C=O) groups excluding carboxylic acids is 1. The predicted octanol–water partition coefficient (Wildman–Crippen LogP) is 0.997. The van der Waals surface area contributed by atoms with Crippen LogP contribution in [0.4, 0.5) is 0 Å². The molecule has 0 unspecified atom stereocenters. The minimum absolute atomic E-state index is 0.689. The summed E-state index contributed by atoms with van der Waals surface area (Å²) in [5.74, 6) is 3.10. The molecule has 0 saturated heterocycles. The van der Waals surface area contributed by atoms with E-state index in [1.54, 1.807) is 6.07 Å². The van der Waals surface area contributed by atoms with Crippen molar-refractivity contribution in [3.63, 3.8) is 0 Å². The molecule has 0 aromatic heterocycles. The Morgan fingerprint density at radius 3 is 2.54 bits per heavy atom. The van der Waals surface area contributed by atoms with E-state index in [1.165, 1.54) is 0 Å². The molecule has 13 heavy (non-hydrogen) atoms. The minimum Gasteiger partial charge on any atom is -0.537 e. The number of hydrogen-bond acceptors (Lipinski definition) is 2. The Morgan fingerprint density at radius 1 is 1.31 bits per heavy atom. The van der Waals surface area contributed by atoms with Crippen LogP contribution < -0.4 is 5.11 Å². The second kappa shape index (κ2) is 4.81. The topological polar surface area (TPSA) is 40.1 Å². The summed E-state index contributed by atoms with van der Waals surface area (Å²) in [7, 11) is 0. The van der Waals surface area contributed by atoms with Gasteiger partial charge >= 0.3 is 0 Å². The average Bonchev–Trinajstić information content (AvgIpc) is 2.07. The van der Waals surface area contributed by atoms with Crippen molar-refractivity contribution in [3.8, 4) is 11.8 Å². The van der Waals surface area contributed by atoms with Crippen molar-refractivity contribution in [2.75, 3.05) is 0 Å². The molecule has 4 heteroatoms. The molecular weight excluding hydrogens is 394 g/mol. The van der Waals surface area contributed by atoms with Crippen LogP contribution in [0.25, 0.3) is 0 Å². The van der Waals surface area contributed by atoms with Crippen LogP contribution in [-0.2, 0) is 4.79 Å². The van der Waals surface area contributed by atoms with Crippen molar-refractivity contribution in [1.82, 2.24) is 0 Å². The number of carboxylic acid groups (broad SMARTS) is 1. The zero-order chi connectivity index (χ0) is 9.84. The van der Waals surface area contributed by atoms with Gasteiger partial charge in [0, 0.05) is 12.7 Å². The molecule has 2 nitrogen and oxygen atoms in total. The fourth-order valence-corrected chi connectivity index (χ4v) is 1.55. The van der Waals surface area contributed by atoms with Crippen molar-refractivity contribution in [2.24, 2.45) is 0 Å². The molecular formula is C9H3I2O2-. The Kier molecular flexibility index (Phi) is 3.99. The van der Waals surface area contributed by atoms with E-state index in [0.29, 0.717) is 5.56 Å². The smallest absolute Gasteiger partial charge is 0.116 e. The van der Waals surface area contributed by atoms with Gasteiger partial charge in [-0.15, -0.1) is 0 Å². The second-order valence-corrected chi connectivity index (χ2v) is 4.49. The van der Waals surface area contributed by atoms with Crippen molar-refractivity contribution >= 4 is 51.2 Å².